The molecule has 4 nitrogen and oxygen atoms in total. The largest absolute Gasteiger partial charge is 0.265 e. The molecule has 0 atom stereocenters. The first kappa shape index (κ1) is 10.2. The average Bonchev–Trinajstić information content (AvgIpc) is 3.05. The molecule has 0 unspecified atom stereocenters. The Bertz CT molecular complexity index is 412. The molecule has 4 heteroatoms. The molecule has 0 fully saturated rings. The van der Waals surface area contributed by atoms with Crippen LogP contribution in [0.2, 0.25) is 0 Å². The van der Waals surface area contributed by atoms with E-state index in [1.165, 1.54) is 0 Å². The van der Waals surface area contributed by atoms with Gasteiger partial charge in [0.2, 0.25) is 0 Å². The third kappa shape index (κ3) is 2.81. The van der Waals surface area contributed by atoms with Crippen molar-refractivity contribution in [3.05, 3.63) is 73.8 Å². The summed E-state index contributed by atoms with van der Waals surface area (Å²) in [5, 5.41) is 0. The van der Waals surface area contributed by atoms with Gasteiger partial charge >= 0.3 is 0 Å². The second-order valence-electron chi connectivity index (χ2n) is 3.03. The summed E-state index contributed by atoms with van der Waals surface area (Å²) in [6.07, 6.45) is 12.8. The number of nitrogens with zero attached hydrogens (tertiary/aromatic N) is 4. The zero-order valence-electron chi connectivity index (χ0n) is 8.72. The van der Waals surface area contributed by atoms with Gasteiger partial charge in [0, 0.05) is 37.2 Å². The molecule has 0 N–H and O–H groups in total. The quantitative estimate of drug-likeness (QED) is 0.619. The standard InChI is InChI=1S/C7H7N3.C5H5N/c1-2-5-9(4-1)10-6-3-8-7-10;1-2-4-6-5-3-1/h1-7H;1-5H. The van der Waals surface area contributed by atoms with Crippen LogP contribution in [0.3, 0.4) is 0 Å². The Labute approximate surface area is 93.8 Å². The lowest BCUT2D eigenvalue weighted by molar-refractivity contribution is 0.662. The molecule has 3 aromatic heterocycles. The van der Waals surface area contributed by atoms with E-state index in [0.717, 1.165) is 0 Å². The van der Waals surface area contributed by atoms with Crippen molar-refractivity contribution < 1.29 is 0 Å². The molecule has 0 saturated heterocycles. The molecular formula is C12H12N4. The SMILES string of the molecule is c1ccn(-n2ccnc2)c1.c1ccncc1. The Balaban J connectivity index is 0.000000138. The van der Waals surface area contributed by atoms with Crippen molar-refractivity contribution in [3.8, 4) is 0 Å². The highest BCUT2D eigenvalue weighted by Gasteiger charge is 1.86. The smallest absolute Gasteiger partial charge is 0.115 e. The van der Waals surface area contributed by atoms with Crippen LogP contribution in [0.1, 0.15) is 0 Å². The fourth-order valence-electron chi connectivity index (χ4n) is 1.18. The predicted molar refractivity (Wildman–Crippen MR) is 61.7 cm³/mol. The third-order valence-corrected chi connectivity index (χ3v) is 1.91. The summed E-state index contributed by atoms with van der Waals surface area (Å²) in [7, 11) is 0. The molecule has 16 heavy (non-hydrogen) atoms. The van der Waals surface area contributed by atoms with Crippen LogP contribution in [0.25, 0.3) is 0 Å². The predicted octanol–water partition coefficient (Wildman–Crippen LogP) is 2.08. The topological polar surface area (TPSA) is 35.6 Å². The van der Waals surface area contributed by atoms with Gasteiger partial charge in [-0.05, 0) is 24.3 Å². The molecule has 3 aromatic rings. The van der Waals surface area contributed by atoms with E-state index < -0.39 is 0 Å². The van der Waals surface area contributed by atoms with Crippen molar-refractivity contribution in [2.24, 2.45) is 0 Å². The maximum Gasteiger partial charge on any atom is 0.115 e. The molecule has 0 aliphatic carbocycles. The van der Waals surface area contributed by atoms with Crippen LogP contribution in [-0.4, -0.2) is 19.3 Å². The molecular weight excluding hydrogens is 200 g/mol. The van der Waals surface area contributed by atoms with Crippen LogP contribution in [-0.2, 0) is 0 Å². The molecule has 0 saturated carbocycles. The van der Waals surface area contributed by atoms with Gasteiger partial charge in [-0.25, -0.2) is 9.66 Å². The first-order chi connectivity index (χ1) is 7.97. The van der Waals surface area contributed by atoms with Gasteiger partial charge in [-0.2, -0.15) is 0 Å². The summed E-state index contributed by atoms with van der Waals surface area (Å²) in [6.45, 7) is 0. The zero-order chi connectivity index (χ0) is 11.1. The van der Waals surface area contributed by atoms with E-state index in [9.17, 15) is 0 Å². The number of imidazole rings is 1. The maximum absolute atomic E-state index is 3.92. The monoisotopic (exact) mass is 212 g/mol. The van der Waals surface area contributed by atoms with E-state index in [-0.39, 0.29) is 0 Å². The lowest BCUT2D eigenvalue weighted by Crippen LogP contribution is -2.01. The van der Waals surface area contributed by atoms with Gasteiger partial charge in [-0.15, -0.1) is 0 Å². The van der Waals surface area contributed by atoms with Crippen LogP contribution in [0.5, 0.6) is 0 Å². The fourth-order valence-corrected chi connectivity index (χ4v) is 1.18. The van der Waals surface area contributed by atoms with Gasteiger partial charge in [0.1, 0.15) is 6.33 Å². The van der Waals surface area contributed by atoms with E-state index >= 15 is 0 Å². The number of hydrogen-bond donors (Lipinski definition) is 0. The van der Waals surface area contributed by atoms with Crippen molar-refractivity contribution in [3.63, 3.8) is 0 Å². The minimum absolute atomic E-state index is 1.75. The Morgan fingerprint density at radius 1 is 0.562 bits per heavy atom. The maximum atomic E-state index is 3.92. The Morgan fingerprint density at radius 2 is 1.31 bits per heavy atom. The van der Waals surface area contributed by atoms with Crippen LogP contribution in [0.15, 0.2) is 73.8 Å². The van der Waals surface area contributed by atoms with E-state index in [2.05, 4.69) is 9.97 Å². The number of pyridine rings is 1. The Morgan fingerprint density at radius 3 is 1.75 bits per heavy atom. The Hall–Kier alpha value is -2.36. The van der Waals surface area contributed by atoms with Gasteiger partial charge < -0.3 is 0 Å². The molecule has 0 bridgehead atoms. The van der Waals surface area contributed by atoms with Gasteiger partial charge in [0.05, 0.1) is 0 Å². The van der Waals surface area contributed by atoms with Crippen molar-refractivity contribution in [1.29, 1.82) is 0 Å². The molecule has 80 valence electrons. The molecule has 0 aliphatic heterocycles. The molecule has 0 aromatic carbocycles. The van der Waals surface area contributed by atoms with Crippen LogP contribution in [0, 0.1) is 0 Å². The van der Waals surface area contributed by atoms with Crippen molar-refractivity contribution >= 4 is 0 Å². The summed E-state index contributed by atoms with van der Waals surface area (Å²) in [5.74, 6) is 0. The molecule has 0 aliphatic rings. The minimum atomic E-state index is 1.75. The second kappa shape index (κ2) is 5.50. The molecule has 3 heterocycles. The van der Waals surface area contributed by atoms with Crippen LogP contribution in [0.4, 0.5) is 0 Å². The average molecular weight is 212 g/mol. The lowest BCUT2D eigenvalue weighted by Gasteiger charge is -1.99. The van der Waals surface area contributed by atoms with Crippen LogP contribution >= 0.6 is 0 Å². The molecule has 3 rings (SSSR count). The third-order valence-electron chi connectivity index (χ3n) is 1.91. The highest BCUT2D eigenvalue weighted by Crippen LogP contribution is 1.91. The summed E-state index contributed by atoms with van der Waals surface area (Å²) < 4.78 is 3.83. The van der Waals surface area contributed by atoms with E-state index in [0.29, 0.717) is 0 Å². The summed E-state index contributed by atoms with van der Waals surface area (Å²) in [5.41, 5.74) is 0. The van der Waals surface area contributed by atoms with Crippen molar-refractivity contribution in [1.82, 2.24) is 19.3 Å². The highest BCUT2D eigenvalue weighted by molar-refractivity contribution is 4.92. The zero-order valence-corrected chi connectivity index (χ0v) is 8.72. The first-order valence-corrected chi connectivity index (χ1v) is 4.93. The van der Waals surface area contributed by atoms with Crippen molar-refractivity contribution in [2.45, 2.75) is 0 Å². The molecule has 0 radical (unpaired) electrons. The van der Waals surface area contributed by atoms with Crippen LogP contribution < -0.4 is 0 Å². The highest BCUT2D eigenvalue weighted by atomic mass is 15.4. The van der Waals surface area contributed by atoms with E-state index in [4.69, 9.17) is 0 Å². The minimum Gasteiger partial charge on any atom is -0.265 e. The first-order valence-electron chi connectivity index (χ1n) is 4.93. The van der Waals surface area contributed by atoms with Gasteiger partial charge in [-0.3, -0.25) is 9.66 Å². The van der Waals surface area contributed by atoms with Gasteiger partial charge in [0.15, 0.2) is 0 Å². The molecule has 0 spiro atoms. The van der Waals surface area contributed by atoms with Gasteiger partial charge in [0.25, 0.3) is 0 Å². The summed E-state index contributed by atoms with van der Waals surface area (Å²) in [6, 6.07) is 9.66. The number of aromatic nitrogens is 4. The lowest BCUT2D eigenvalue weighted by atomic mass is 10.5. The Kier molecular flexibility index (Phi) is 3.50. The summed E-state index contributed by atoms with van der Waals surface area (Å²) in [4.78, 5) is 7.70. The molecule has 0 amide bonds. The second-order valence-corrected chi connectivity index (χ2v) is 3.03. The van der Waals surface area contributed by atoms with Gasteiger partial charge in [-0.1, -0.05) is 6.07 Å². The van der Waals surface area contributed by atoms with E-state index in [1.807, 2.05) is 58.3 Å². The number of rotatable bonds is 1. The normalized spacial score (nSPS) is 9.25. The van der Waals surface area contributed by atoms with E-state index in [1.54, 1.807) is 24.9 Å². The summed E-state index contributed by atoms with van der Waals surface area (Å²) >= 11 is 0. The number of hydrogen-bond acceptors (Lipinski definition) is 2. The van der Waals surface area contributed by atoms with Crippen molar-refractivity contribution in [2.75, 3.05) is 0 Å². The fraction of sp³-hybridized carbons (Fsp3) is 0.